The van der Waals surface area contributed by atoms with Gasteiger partial charge in [0.2, 0.25) is 0 Å². The van der Waals surface area contributed by atoms with E-state index in [9.17, 15) is 0 Å². The Labute approximate surface area is 107 Å². The maximum Gasteiger partial charge on any atom is 0.0543 e. The molecule has 3 heteroatoms. The second kappa shape index (κ2) is 7.80. The fourth-order valence-corrected chi connectivity index (χ4v) is 2.40. The molecule has 2 nitrogen and oxygen atoms in total. The molecule has 1 heterocycles. The van der Waals surface area contributed by atoms with Gasteiger partial charge in [-0.1, -0.05) is 28.9 Å². The van der Waals surface area contributed by atoms with Crippen LogP contribution in [0.15, 0.2) is 24.4 Å². The van der Waals surface area contributed by atoms with Gasteiger partial charge in [-0.2, -0.15) is 0 Å². The number of alkyl halides is 1. The molecule has 0 saturated carbocycles. The molecule has 0 fully saturated rings. The van der Waals surface area contributed by atoms with Crippen LogP contribution in [0.1, 0.15) is 25.5 Å². The van der Waals surface area contributed by atoms with Crippen LogP contribution < -0.4 is 0 Å². The monoisotopic (exact) mass is 284 g/mol. The fraction of sp³-hybridized carbons (Fsp3) is 0.615. The molecule has 0 aliphatic rings. The van der Waals surface area contributed by atoms with Crippen LogP contribution in [0.4, 0.5) is 0 Å². The zero-order valence-corrected chi connectivity index (χ0v) is 11.8. The lowest BCUT2D eigenvalue weighted by molar-refractivity contribution is 0.294. The molecule has 1 aromatic rings. The van der Waals surface area contributed by atoms with E-state index >= 15 is 0 Å². The van der Waals surface area contributed by atoms with Gasteiger partial charge in [0.05, 0.1) is 5.69 Å². The molecule has 0 spiro atoms. The van der Waals surface area contributed by atoms with Crippen LogP contribution in [0, 0.1) is 5.92 Å². The summed E-state index contributed by atoms with van der Waals surface area (Å²) in [6.07, 6.45) is 4.38. The largest absolute Gasteiger partial charge is 0.301 e. The third-order valence-electron chi connectivity index (χ3n) is 2.76. The number of hydrogen-bond donors (Lipinski definition) is 0. The minimum atomic E-state index is 0.797. The minimum Gasteiger partial charge on any atom is -0.301 e. The summed E-state index contributed by atoms with van der Waals surface area (Å²) in [7, 11) is 2.16. The van der Waals surface area contributed by atoms with Gasteiger partial charge in [-0.25, -0.2) is 0 Å². The zero-order valence-electron chi connectivity index (χ0n) is 10.2. The molecule has 0 radical (unpaired) electrons. The summed E-state index contributed by atoms with van der Waals surface area (Å²) < 4.78 is 0. The Hall–Kier alpha value is -0.410. The van der Waals surface area contributed by atoms with E-state index in [0.717, 1.165) is 30.0 Å². The summed E-state index contributed by atoms with van der Waals surface area (Å²) in [4.78, 5) is 6.67. The molecule has 0 aromatic carbocycles. The van der Waals surface area contributed by atoms with Crippen molar-refractivity contribution in [3.63, 3.8) is 0 Å². The van der Waals surface area contributed by atoms with E-state index in [1.165, 1.54) is 12.8 Å². The maximum absolute atomic E-state index is 4.33. The van der Waals surface area contributed by atoms with Crippen molar-refractivity contribution in [3.05, 3.63) is 30.1 Å². The van der Waals surface area contributed by atoms with Crippen molar-refractivity contribution in [2.45, 2.75) is 26.3 Å². The van der Waals surface area contributed by atoms with Crippen molar-refractivity contribution in [1.82, 2.24) is 9.88 Å². The smallest absolute Gasteiger partial charge is 0.0543 e. The molecular weight excluding hydrogens is 264 g/mol. The molecule has 0 bridgehead atoms. The van der Waals surface area contributed by atoms with Crippen molar-refractivity contribution in [2.24, 2.45) is 5.92 Å². The quantitative estimate of drug-likeness (QED) is 0.714. The van der Waals surface area contributed by atoms with E-state index < -0.39 is 0 Å². The summed E-state index contributed by atoms with van der Waals surface area (Å²) in [5.74, 6) is 0.797. The van der Waals surface area contributed by atoms with Crippen LogP contribution in [0.2, 0.25) is 0 Å². The topological polar surface area (TPSA) is 16.1 Å². The Kier molecular flexibility index (Phi) is 6.65. The van der Waals surface area contributed by atoms with Crippen LogP contribution in [-0.2, 0) is 6.54 Å². The predicted molar refractivity (Wildman–Crippen MR) is 72.8 cm³/mol. The van der Waals surface area contributed by atoms with Gasteiger partial charge in [0.15, 0.2) is 0 Å². The van der Waals surface area contributed by atoms with Crippen molar-refractivity contribution < 1.29 is 0 Å². The Morgan fingerprint density at radius 3 is 2.81 bits per heavy atom. The second-order valence-corrected chi connectivity index (χ2v) is 5.22. The standard InChI is InChI=1S/C13H21BrN2/c1-12(6-8-14)7-10-16(2)11-13-5-3-4-9-15-13/h3-5,9,12H,6-8,10-11H2,1-2H3. The van der Waals surface area contributed by atoms with Crippen molar-refractivity contribution in [3.8, 4) is 0 Å². The number of halogens is 1. The zero-order chi connectivity index (χ0) is 11.8. The Bertz CT molecular complexity index is 277. The van der Waals surface area contributed by atoms with Crippen LogP contribution in [0.5, 0.6) is 0 Å². The molecule has 0 N–H and O–H groups in total. The number of pyridine rings is 1. The molecule has 90 valence electrons. The van der Waals surface area contributed by atoms with Crippen LogP contribution in [-0.4, -0.2) is 28.8 Å². The highest BCUT2D eigenvalue weighted by Gasteiger charge is 2.05. The first-order valence-electron chi connectivity index (χ1n) is 5.86. The van der Waals surface area contributed by atoms with E-state index in [2.05, 4.69) is 45.9 Å². The molecule has 0 aliphatic heterocycles. The van der Waals surface area contributed by atoms with E-state index in [0.29, 0.717) is 0 Å². The first-order chi connectivity index (χ1) is 7.72. The maximum atomic E-state index is 4.33. The first-order valence-corrected chi connectivity index (χ1v) is 6.99. The predicted octanol–water partition coefficient (Wildman–Crippen LogP) is 3.32. The Balaban J connectivity index is 2.23. The fourth-order valence-electron chi connectivity index (χ4n) is 1.62. The molecule has 16 heavy (non-hydrogen) atoms. The van der Waals surface area contributed by atoms with Gasteiger partial charge in [0.1, 0.15) is 0 Å². The number of hydrogen-bond acceptors (Lipinski definition) is 2. The molecule has 1 unspecified atom stereocenters. The average molecular weight is 285 g/mol. The first kappa shape index (κ1) is 13.7. The molecule has 0 saturated heterocycles. The lowest BCUT2D eigenvalue weighted by atomic mass is 10.1. The highest BCUT2D eigenvalue weighted by atomic mass is 79.9. The third-order valence-corrected chi connectivity index (χ3v) is 3.22. The van der Waals surface area contributed by atoms with Crippen molar-refractivity contribution in [2.75, 3.05) is 18.9 Å². The average Bonchev–Trinajstić information content (AvgIpc) is 2.28. The van der Waals surface area contributed by atoms with Gasteiger partial charge in [-0.05, 0) is 44.5 Å². The summed E-state index contributed by atoms with van der Waals surface area (Å²) in [5, 5.41) is 1.11. The van der Waals surface area contributed by atoms with Gasteiger partial charge in [0, 0.05) is 18.1 Å². The summed E-state index contributed by atoms with van der Waals surface area (Å²) in [5.41, 5.74) is 1.15. The van der Waals surface area contributed by atoms with Crippen LogP contribution >= 0.6 is 15.9 Å². The van der Waals surface area contributed by atoms with Gasteiger partial charge in [-0.3, -0.25) is 4.98 Å². The Morgan fingerprint density at radius 1 is 1.38 bits per heavy atom. The molecular formula is C13H21BrN2. The van der Waals surface area contributed by atoms with Gasteiger partial charge in [-0.15, -0.1) is 0 Å². The lowest BCUT2D eigenvalue weighted by Crippen LogP contribution is -2.21. The lowest BCUT2D eigenvalue weighted by Gasteiger charge is -2.18. The SMILES string of the molecule is CC(CCBr)CCN(C)Cc1ccccn1. The highest BCUT2D eigenvalue weighted by molar-refractivity contribution is 9.09. The second-order valence-electron chi connectivity index (χ2n) is 4.43. The minimum absolute atomic E-state index is 0.797. The number of rotatable bonds is 7. The molecule has 1 atom stereocenters. The van der Waals surface area contributed by atoms with Crippen LogP contribution in [0.25, 0.3) is 0 Å². The number of nitrogens with zero attached hydrogens (tertiary/aromatic N) is 2. The Morgan fingerprint density at radius 2 is 2.19 bits per heavy atom. The van der Waals surface area contributed by atoms with Crippen molar-refractivity contribution in [1.29, 1.82) is 0 Å². The van der Waals surface area contributed by atoms with Crippen molar-refractivity contribution >= 4 is 15.9 Å². The molecule has 0 aliphatic carbocycles. The van der Waals surface area contributed by atoms with Gasteiger partial charge in [0.25, 0.3) is 0 Å². The highest BCUT2D eigenvalue weighted by Crippen LogP contribution is 2.10. The number of aromatic nitrogens is 1. The summed E-state index contributed by atoms with van der Waals surface area (Å²) >= 11 is 3.49. The van der Waals surface area contributed by atoms with Crippen LogP contribution in [0.3, 0.4) is 0 Å². The van der Waals surface area contributed by atoms with E-state index in [1.807, 2.05) is 18.3 Å². The molecule has 1 rings (SSSR count). The summed E-state index contributed by atoms with van der Waals surface area (Å²) in [6.45, 7) is 4.41. The van der Waals surface area contributed by atoms with Gasteiger partial charge < -0.3 is 4.90 Å². The summed E-state index contributed by atoms with van der Waals surface area (Å²) in [6, 6.07) is 6.09. The molecule has 0 amide bonds. The van der Waals surface area contributed by atoms with E-state index in [4.69, 9.17) is 0 Å². The van der Waals surface area contributed by atoms with E-state index in [1.54, 1.807) is 0 Å². The third kappa shape index (κ3) is 5.61. The normalized spacial score (nSPS) is 13.0. The van der Waals surface area contributed by atoms with Gasteiger partial charge >= 0.3 is 0 Å². The molecule has 1 aromatic heterocycles. The van der Waals surface area contributed by atoms with E-state index in [-0.39, 0.29) is 0 Å².